The third-order valence-corrected chi connectivity index (χ3v) is 3.69. The highest BCUT2D eigenvalue weighted by atomic mass is 35.5. The molecule has 1 aromatic carbocycles. The molecule has 2 N–H and O–H groups in total. The van der Waals surface area contributed by atoms with Crippen LogP contribution in [0.2, 0.25) is 5.02 Å². The van der Waals surface area contributed by atoms with Crippen LogP contribution in [0.5, 0.6) is 0 Å². The summed E-state index contributed by atoms with van der Waals surface area (Å²) in [6, 6.07) is 4.67. The molecule has 0 aliphatic rings. The van der Waals surface area contributed by atoms with Crippen LogP contribution in [-0.4, -0.2) is 28.8 Å². The van der Waals surface area contributed by atoms with Gasteiger partial charge in [-0.15, -0.1) is 18.3 Å². The maximum Gasteiger partial charge on any atom is 0.337 e. The molecule has 0 radical (unpaired) electrons. The van der Waals surface area contributed by atoms with Gasteiger partial charge in [-0.2, -0.15) is 0 Å². The van der Waals surface area contributed by atoms with Crippen molar-refractivity contribution in [2.45, 2.75) is 17.1 Å². The molecule has 0 bridgehead atoms. The lowest BCUT2D eigenvalue weighted by atomic mass is 10.2. The molecule has 4 nitrogen and oxygen atoms in total. The number of halogens is 1. The summed E-state index contributed by atoms with van der Waals surface area (Å²) >= 11 is 7.05. The molecule has 0 fully saturated rings. The van der Waals surface area contributed by atoms with Gasteiger partial charge in [0, 0.05) is 11.4 Å². The summed E-state index contributed by atoms with van der Waals surface area (Å²) in [6.07, 6.45) is 1.60. The lowest BCUT2D eigenvalue weighted by molar-refractivity contribution is -0.120. The lowest BCUT2D eigenvalue weighted by Crippen LogP contribution is -2.30. The first-order valence-electron chi connectivity index (χ1n) is 5.53. The Morgan fingerprint density at radius 2 is 2.26 bits per heavy atom. The van der Waals surface area contributed by atoms with E-state index in [0.29, 0.717) is 11.4 Å². The van der Waals surface area contributed by atoms with Crippen molar-refractivity contribution in [1.82, 2.24) is 5.32 Å². The van der Waals surface area contributed by atoms with Crippen LogP contribution in [-0.2, 0) is 4.79 Å². The maximum absolute atomic E-state index is 11.7. The van der Waals surface area contributed by atoms with Gasteiger partial charge in [-0.1, -0.05) is 17.7 Å². The van der Waals surface area contributed by atoms with E-state index in [1.54, 1.807) is 19.1 Å². The van der Waals surface area contributed by atoms with E-state index in [9.17, 15) is 9.59 Å². The molecule has 0 heterocycles. The van der Waals surface area contributed by atoms with Crippen molar-refractivity contribution in [2.75, 3.05) is 6.54 Å². The number of hydrogen-bond acceptors (Lipinski definition) is 3. The van der Waals surface area contributed by atoms with Crippen LogP contribution in [0.4, 0.5) is 0 Å². The van der Waals surface area contributed by atoms with Crippen LogP contribution >= 0.6 is 23.4 Å². The number of nitrogens with one attached hydrogen (secondary N) is 1. The Balaban J connectivity index is 2.77. The normalized spacial score (nSPS) is 11.7. The van der Waals surface area contributed by atoms with E-state index in [-0.39, 0.29) is 21.7 Å². The largest absolute Gasteiger partial charge is 0.478 e. The van der Waals surface area contributed by atoms with Crippen molar-refractivity contribution < 1.29 is 14.7 Å². The molecule has 1 rings (SSSR count). The average Bonchev–Trinajstić information content (AvgIpc) is 2.37. The highest BCUT2D eigenvalue weighted by Gasteiger charge is 2.15. The molecule has 0 saturated heterocycles. The lowest BCUT2D eigenvalue weighted by Gasteiger charge is -2.11. The number of aromatic carboxylic acids is 1. The van der Waals surface area contributed by atoms with E-state index < -0.39 is 5.97 Å². The molecular formula is C13H14ClNO3S. The van der Waals surface area contributed by atoms with Gasteiger partial charge in [0.15, 0.2) is 0 Å². The predicted molar refractivity (Wildman–Crippen MR) is 76.9 cm³/mol. The molecule has 102 valence electrons. The first-order chi connectivity index (χ1) is 8.95. The fraction of sp³-hybridized carbons (Fsp3) is 0.231. The SMILES string of the molecule is C=CCNC(=O)C(C)Sc1ccc(Cl)c(C(=O)O)c1. The Bertz CT molecular complexity index is 505. The zero-order valence-electron chi connectivity index (χ0n) is 10.4. The molecule has 6 heteroatoms. The summed E-state index contributed by atoms with van der Waals surface area (Å²) in [6.45, 7) is 5.67. The zero-order valence-corrected chi connectivity index (χ0v) is 11.9. The van der Waals surface area contributed by atoms with E-state index >= 15 is 0 Å². The van der Waals surface area contributed by atoms with Crippen LogP contribution in [0.1, 0.15) is 17.3 Å². The fourth-order valence-electron chi connectivity index (χ4n) is 1.32. The zero-order chi connectivity index (χ0) is 14.4. The highest BCUT2D eigenvalue weighted by Crippen LogP contribution is 2.27. The summed E-state index contributed by atoms with van der Waals surface area (Å²) < 4.78 is 0. The number of carboxylic acid groups (broad SMARTS) is 1. The Hall–Kier alpha value is -1.46. The Morgan fingerprint density at radius 3 is 2.84 bits per heavy atom. The monoisotopic (exact) mass is 299 g/mol. The van der Waals surface area contributed by atoms with Gasteiger partial charge in [-0.3, -0.25) is 4.79 Å². The van der Waals surface area contributed by atoms with Gasteiger partial charge < -0.3 is 10.4 Å². The van der Waals surface area contributed by atoms with E-state index in [0.717, 1.165) is 0 Å². The van der Waals surface area contributed by atoms with Crippen molar-refractivity contribution in [3.05, 3.63) is 41.4 Å². The Kier molecular flexibility index (Phi) is 5.92. The summed E-state index contributed by atoms with van der Waals surface area (Å²) in [5.41, 5.74) is 0.0327. The maximum atomic E-state index is 11.7. The molecule has 1 atom stereocenters. The molecule has 0 aliphatic carbocycles. The number of carbonyl (C=O) groups is 2. The Labute approximate surface area is 120 Å². The molecule has 0 aromatic heterocycles. The van der Waals surface area contributed by atoms with Gasteiger partial charge >= 0.3 is 5.97 Å². The second-order valence-electron chi connectivity index (χ2n) is 3.74. The number of amides is 1. The minimum absolute atomic E-state index is 0.0327. The van der Waals surface area contributed by atoms with Gasteiger partial charge in [-0.05, 0) is 25.1 Å². The molecule has 0 aliphatic heterocycles. The second-order valence-corrected chi connectivity index (χ2v) is 5.56. The van der Waals surface area contributed by atoms with Crippen LogP contribution < -0.4 is 5.32 Å². The molecule has 0 saturated carbocycles. The number of thioether (sulfide) groups is 1. The number of rotatable bonds is 6. The van der Waals surface area contributed by atoms with Crippen LogP contribution in [0, 0.1) is 0 Å². The molecule has 1 aromatic rings. The summed E-state index contributed by atoms with van der Waals surface area (Å²) in [7, 11) is 0. The van der Waals surface area contributed by atoms with Crippen LogP contribution in [0.25, 0.3) is 0 Å². The van der Waals surface area contributed by atoms with Crippen molar-refractivity contribution in [1.29, 1.82) is 0 Å². The third-order valence-electron chi connectivity index (χ3n) is 2.27. The first kappa shape index (κ1) is 15.6. The average molecular weight is 300 g/mol. The van der Waals surface area contributed by atoms with Gasteiger partial charge in [0.25, 0.3) is 0 Å². The summed E-state index contributed by atoms with van der Waals surface area (Å²) in [4.78, 5) is 23.3. The molecule has 0 spiro atoms. The van der Waals surface area contributed by atoms with E-state index in [1.165, 1.54) is 23.9 Å². The molecule has 1 unspecified atom stereocenters. The summed E-state index contributed by atoms with van der Waals surface area (Å²) in [5.74, 6) is -1.21. The predicted octanol–water partition coefficient (Wildman–Crippen LogP) is 2.82. The van der Waals surface area contributed by atoms with E-state index in [2.05, 4.69) is 11.9 Å². The van der Waals surface area contributed by atoms with Crippen LogP contribution in [0.15, 0.2) is 35.7 Å². The molecule has 19 heavy (non-hydrogen) atoms. The first-order valence-corrected chi connectivity index (χ1v) is 6.79. The number of benzene rings is 1. The van der Waals surface area contributed by atoms with Crippen LogP contribution in [0.3, 0.4) is 0 Å². The van der Waals surface area contributed by atoms with Crippen molar-refractivity contribution in [2.24, 2.45) is 0 Å². The van der Waals surface area contributed by atoms with Gasteiger partial charge in [0.1, 0.15) is 0 Å². The van der Waals surface area contributed by atoms with Gasteiger partial charge in [0.2, 0.25) is 5.91 Å². The molecule has 1 amide bonds. The highest BCUT2D eigenvalue weighted by molar-refractivity contribution is 8.00. The van der Waals surface area contributed by atoms with E-state index in [1.807, 2.05) is 0 Å². The van der Waals surface area contributed by atoms with Gasteiger partial charge in [0.05, 0.1) is 15.8 Å². The van der Waals surface area contributed by atoms with E-state index in [4.69, 9.17) is 16.7 Å². The van der Waals surface area contributed by atoms with Crippen molar-refractivity contribution in [3.63, 3.8) is 0 Å². The smallest absolute Gasteiger partial charge is 0.337 e. The number of carbonyl (C=O) groups excluding carboxylic acids is 1. The number of hydrogen-bond donors (Lipinski definition) is 2. The topological polar surface area (TPSA) is 66.4 Å². The quantitative estimate of drug-likeness (QED) is 0.626. The van der Waals surface area contributed by atoms with Gasteiger partial charge in [-0.25, -0.2) is 4.79 Å². The second kappa shape index (κ2) is 7.21. The number of carboxylic acids is 1. The minimum Gasteiger partial charge on any atom is -0.478 e. The third kappa shape index (κ3) is 4.61. The fourth-order valence-corrected chi connectivity index (χ4v) is 2.45. The minimum atomic E-state index is -1.09. The Morgan fingerprint density at radius 1 is 1.58 bits per heavy atom. The standard InChI is InChI=1S/C13H14ClNO3S/c1-3-6-15-12(16)8(2)19-9-4-5-11(14)10(7-9)13(17)18/h3-5,7-8H,1,6H2,2H3,(H,15,16)(H,17,18). The van der Waals surface area contributed by atoms with Crippen molar-refractivity contribution >= 4 is 35.2 Å². The molecular weight excluding hydrogens is 286 g/mol. The summed E-state index contributed by atoms with van der Waals surface area (Å²) in [5, 5.41) is 11.5. The van der Waals surface area contributed by atoms with Crippen molar-refractivity contribution in [3.8, 4) is 0 Å².